The van der Waals surface area contributed by atoms with Gasteiger partial charge in [0.15, 0.2) is 0 Å². The predicted molar refractivity (Wildman–Crippen MR) is 58.2 cm³/mol. The molecule has 0 saturated carbocycles. The van der Waals surface area contributed by atoms with E-state index in [2.05, 4.69) is 35.9 Å². The van der Waals surface area contributed by atoms with Gasteiger partial charge in [-0.2, -0.15) is 0 Å². The third-order valence-electron chi connectivity index (χ3n) is 2.46. The fourth-order valence-corrected chi connectivity index (χ4v) is 1.21. The van der Waals surface area contributed by atoms with Crippen LogP contribution in [0.15, 0.2) is 0 Å². The van der Waals surface area contributed by atoms with Crippen LogP contribution >= 0.6 is 0 Å². The summed E-state index contributed by atoms with van der Waals surface area (Å²) in [5.74, 6) is 6.16. The van der Waals surface area contributed by atoms with Crippen LogP contribution in [0.1, 0.15) is 13.8 Å². The minimum absolute atomic E-state index is 0.401. The summed E-state index contributed by atoms with van der Waals surface area (Å²) in [6.07, 6.45) is 0.401. The summed E-state index contributed by atoms with van der Waals surface area (Å²) in [7, 11) is 0. The van der Waals surface area contributed by atoms with Crippen LogP contribution in [0.5, 0.6) is 0 Å². The highest BCUT2D eigenvalue weighted by atomic mass is 16.5. The molecule has 0 amide bonds. The van der Waals surface area contributed by atoms with Crippen molar-refractivity contribution in [3.63, 3.8) is 0 Å². The smallest absolute Gasteiger partial charge is 0.108 e. The molecule has 0 atom stereocenters. The van der Waals surface area contributed by atoms with Gasteiger partial charge in [0.05, 0.1) is 12.6 Å². The van der Waals surface area contributed by atoms with E-state index in [-0.39, 0.29) is 0 Å². The molecule has 3 nitrogen and oxygen atoms in total. The van der Waals surface area contributed by atoms with Crippen molar-refractivity contribution in [3.8, 4) is 11.8 Å². The van der Waals surface area contributed by atoms with Gasteiger partial charge in [0.2, 0.25) is 0 Å². The van der Waals surface area contributed by atoms with Crippen molar-refractivity contribution in [2.45, 2.75) is 20.0 Å². The van der Waals surface area contributed by atoms with Gasteiger partial charge in [0.25, 0.3) is 0 Å². The average Bonchev–Trinajstić information content (AvgIpc) is 2.14. The Kier molecular flexibility index (Phi) is 5.62. The van der Waals surface area contributed by atoms with Crippen LogP contribution in [0.3, 0.4) is 0 Å². The van der Waals surface area contributed by atoms with Crippen molar-refractivity contribution >= 4 is 0 Å². The first-order chi connectivity index (χ1) is 6.86. The second kappa shape index (κ2) is 6.83. The van der Waals surface area contributed by atoms with Crippen LogP contribution in [-0.4, -0.2) is 50.3 Å². The van der Waals surface area contributed by atoms with Gasteiger partial charge in [-0.3, -0.25) is 4.90 Å². The van der Waals surface area contributed by atoms with Gasteiger partial charge >= 0.3 is 0 Å². The second-order valence-corrected chi connectivity index (χ2v) is 3.41. The zero-order valence-electron chi connectivity index (χ0n) is 9.18. The first kappa shape index (κ1) is 11.5. The van der Waals surface area contributed by atoms with Crippen LogP contribution in [0, 0.1) is 11.8 Å². The molecule has 1 saturated heterocycles. The van der Waals surface area contributed by atoms with Gasteiger partial charge in [-0.15, -0.1) is 0 Å². The Morgan fingerprint density at radius 1 is 1.29 bits per heavy atom. The Hall–Kier alpha value is -0.560. The highest BCUT2D eigenvalue weighted by molar-refractivity contribution is 5.01. The lowest BCUT2D eigenvalue weighted by Gasteiger charge is -2.25. The van der Waals surface area contributed by atoms with E-state index in [1.165, 1.54) is 0 Å². The van der Waals surface area contributed by atoms with E-state index in [9.17, 15) is 0 Å². The maximum Gasteiger partial charge on any atom is 0.108 e. The number of hydrogen-bond acceptors (Lipinski definition) is 3. The van der Waals surface area contributed by atoms with E-state index in [1.807, 2.05) is 0 Å². The number of rotatable bonds is 5. The molecule has 1 heterocycles. The maximum absolute atomic E-state index is 5.47. The molecule has 1 rings (SSSR count). The number of nitrogens with zero attached hydrogens (tertiary/aromatic N) is 1. The SMILES string of the molecule is CCN(CC)CC#CCOC1CNC1. The van der Waals surface area contributed by atoms with Gasteiger partial charge in [-0.1, -0.05) is 25.7 Å². The zero-order chi connectivity index (χ0) is 10.2. The third-order valence-corrected chi connectivity index (χ3v) is 2.46. The highest BCUT2D eigenvalue weighted by Crippen LogP contribution is 1.96. The molecule has 0 spiro atoms. The van der Waals surface area contributed by atoms with Crippen LogP contribution in [0.4, 0.5) is 0 Å². The third kappa shape index (κ3) is 4.10. The molecule has 0 unspecified atom stereocenters. The first-order valence-electron chi connectivity index (χ1n) is 5.37. The Morgan fingerprint density at radius 3 is 2.50 bits per heavy atom. The van der Waals surface area contributed by atoms with Crippen LogP contribution in [0.2, 0.25) is 0 Å². The van der Waals surface area contributed by atoms with Gasteiger partial charge in [0.1, 0.15) is 6.61 Å². The summed E-state index contributed by atoms with van der Waals surface area (Å²) >= 11 is 0. The summed E-state index contributed by atoms with van der Waals surface area (Å²) in [5, 5.41) is 3.16. The molecular weight excluding hydrogens is 176 g/mol. The molecule has 1 aliphatic heterocycles. The monoisotopic (exact) mass is 196 g/mol. The Bertz CT molecular complexity index is 199. The molecule has 80 valence electrons. The van der Waals surface area contributed by atoms with Gasteiger partial charge in [-0.05, 0) is 13.1 Å². The largest absolute Gasteiger partial charge is 0.363 e. The van der Waals surface area contributed by atoms with E-state index in [1.54, 1.807) is 0 Å². The van der Waals surface area contributed by atoms with E-state index in [0.717, 1.165) is 32.7 Å². The fourth-order valence-electron chi connectivity index (χ4n) is 1.21. The number of nitrogens with one attached hydrogen (secondary N) is 1. The number of ether oxygens (including phenoxy) is 1. The highest BCUT2D eigenvalue weighted by Gasteiger charge is 2.15. The molecule has 0 radical (unpaired) electrons. The molecule has 0 aromatic heterocycles. The van der Waals surface area contributed by atoms with E-state index >= 15 is 0 Å². The minimum Gasteiger partial charge on any atom is -0.363 e. The summed E-state index contributed by atoms with van der Waals surface area (Å²) in [4.78, 5) is 2.29. The lowest BCUT2D eigenvalue weighted by Crippen LogP contribution is -2.48. The average molecular weight is 196 g/mol. The molecule has 0 aromatic rings. The molecule has 0 aromatic carbocycles. The van der Waals surface area contributed by atoms with E-state index in [0.29, 0.717) is 12.7 Å². The van der Waals surface area contributed by atoms with Crippen LogP contribution in [-0.2, 0) is 4.74 Å². The normalized spacial score (nSPS) is 16.2. The van der Waals surface area contributed by atoms with Crippen LogP contribution in [0.25, 0.3) is 0 Å². The summed E-state index contributed by atoms with van der Waals surface area (Å²) in [6, 6.07) is 0. The van der Waals surface area contributed by atoms with Crippen LogP contribution < -0.4 is 5.32 Å². The predicted octanol–water partition coefficient (Wildman–Crippen LogP) is 0.320. The van der Waals surface area contributed by atoms with Crippen molar-refractivity contribution in [1.29, 1.82) is 0 Å². The minimum atomic E-state index is 0.401. The lowest BCUT2D eigenvalue weighted by atomic mass is 10.2. The molecule has 14 heavy (non-hydrogen) atoms. The Morgan fingerprint density at radius 2 is 2.00 bits per heavy atom. The van der Waals surface area contributed by atoms with Crippen molar-refractivity contribution in [3.05, 3.63) is 0 Å². The summed E-state index contributed by atoms with van der Waals surface area (Å²) in [5.41, 5.74) is 0. The maximum atomic E-state index is 5.47. The fraction of sp³-hybridized carbons (Fsp3) is 0.818. The van der Waals surface area contributed by atoms with Crippen molar-refractivity contribution in [2.75, 3.05) is 39.3 Å². The molecular formula is C11H20N2O. The van der Waals surface area contributed by atoms with Gasteiger partial charge in [0, 0.05) is 13.1 Å². The second-order valence-electron chi connectivity index (χ2n) is 3.41. The molecule has 1 aliphatic rings. The van der Waals surface area contributed by atoms with Crippen molar-refractivity contribution < 1.29 is 4.74 Å². The Labute approximate surface area is 86.8 Å². The quantitative estimate of drug-likeness (QED) is 0.641. The van der Waals surface area contributed by atoms with Gasteiger partial charge in [-0.25, -0.2) is 0 Å². The summed E-state index contributed by atoms with van der Waals surface area (Å²) < 4.78 is 5.47. The zero-order valence-corrected chi connectivity index (χ0v) is 9.18. The van der Waals surface area contributed by atoms with Gasteiger partial charge < -0.3 is 10.1 Å². The topological polar surface area (TPSA) is 24.5 Å². The summed E-state index contributed by atoms with van der Waals surface area (Å²) in [6.45, 7) is 9.85. The molecule has 1 fully saturated rings. The Balaban J connectivity index is 2.01. The van der Waals surface area contributed by atoms with E-state index < -0.39 is 0 Å². The first-order valence-corrected chi connectivity index (χ1v) is 5.37. The molecule has 0 bridgehead atoms. The van der Waals surface area contributed by atoms with Crippen molar-refractivity contribution in [2.24, 2.45) is 0 Å². The standard InChI is InChI=1S/C11H20N2O/c1-3-13(4-2)7-5-6-8-14-11-9-12-10-11/h11-12H,3-4,7-10H2,1-2H3. The molecule has 3 heteroatoms. The lowest BCUT2D eigenvalue weighted by molar-refractivity contribution is 0.0394. The van der Waals surface area contributed by atoms with Crippen molar-refractivity contribution in [1.82, 2.24) is 10.2 Å². The van der Waals surface area contributed by atoms with E-state index in [4.69, 9.17) is 4.74 Å². The number of hydrogen-bond donors (Lipinski definition) is 1. The molecule has 1 N–H and O–H groups in total. The molecule has 0 aliphatic carbocycles.